The number of carboxylic acids is 1. The zero-order valence-electron chi connectivity index (χ0n) is 7.54. The predicted octanol–water partition coefficient (Wildman–Crippen LogP) is 0.376. The minimum Gasteiger partial charge on any atom is -0.481 e. The number of hydrogen-bond donors (Lipinski definition) is 2. The summed E-state index contributed by atoms with van der Waals surface area (Å²) >= 11 is 0. The van der Waals surface area contributed by atoms with Gasteiger partial charge < -0.3 is 10.4 Å². The Hall–Kier alpha value is -1.06. The van der Waals surface area contributed by atoms with Gasteiger partial charge in [0, 0.05) is 5.54 Å². The van der Waals surface area contributed by atoms with Crippen molar-refractivity contribution in [3.05, 3.63) is 0 Å². The number of nitrogens with one attached hydrogen (secondary N) is 1. The van der Waals surface area contributed by atoms with Crippen LogP contribution in [0.25, 0.3) is 0 Å². The van der Waals surface area contributed by atoms with E-state index in [4.69, 9.17) is 5.11 Å². The molecule has 3 atom stereocenters. The Morgan fingerprint density at radius 3 is 2.69 bits per heavy atom. The van der Waals surface area contributed by atoms with Gasteiger partial charge in [0.05, 0.1) is 5.41 Å². The number of aliphatic carboxylic acids is 1. The number of carbonyl (C=O) groups is 2. The van der Waals surface area contributed by atoms with E-state index in [1.807, 2.05) is 6.92 Å². The smallest absolute Gasteiger partial charge is 0.310 e. The zero-order chi connectivity index (χ0) is 9.69. The van der Waals surface area contributed by atoms with Crippen LogP contribution in [0.5, 0.6) is 0 Å². The molecular weight excluding hydrogens is 170 g/mol. The first kappa shape index (κ1) is 8.53. The first-order valence-corrected chi connectivity index (χ1v) is 4.52. The van der Waals surface area contributed by atoms with E-state index in [0.717, 1.165) is 6.42 Å². The molecule has 13 heavy (non-hydrogen) atoms. The first-order chi connectivity index (χ1) is 6.07. The summed E-state index contributed by atoms with van der Waals surface area (Å²) < 4.78 is 0. The van der Waals surface area contributed by atoms with Crippen molar-refractivity contribution in [1.82, 2.24) is 5.32 Å². The predicted molar refractivity (Wildman–Crippen MR) is 45.0 cm³/mol. The molecule has 2 N–H and O–H groups in total. The molecule has 72 valence electrons. The fraction of sp³-hybridized carbons (Fsp3) is 0.778. The van der Waals surface area contributed by atoms with Gasteiger partial charge in [-0.3, -0.25) is 9.59 Å². The molecule has 3 rings (SSSR count). The summed E-state index contributed by atoms with van der Waals surface area (Å²) in [7, 11) is 0. The fourth-order valence-electron chi connectivity index (χ4n) is 3.06. The van der Waals surface area contributed by atoms with Crippen molar-refractivity contribution >= 4 is 12.4 Å². The number of fused-ring (bicyclic) bond motifs is 1. The molecule has 0 aromatic heterocycles. The summed E-state index contributed by atoms with van der Waals surface area (Å²) in [5.74, 6) is -0.636. The molecule has 0 aliphatic heterocycles. The lowest BCUT2D eigenvalue weighted by Crippen LogP contribution is -2.62. The van der Waals surface area contributed by atoms with Crippen LogP contribution in [0.2, 0.25) is 0 Å². The minimum absolute atomic E-state index is 0.0719. The maximum Gasteiger partial charge on any atom is 0.310 e. The molecule has 4 heteroatoms. The topological polar surface area (TPSA) is 66.4 Å². The number of hydrogen-bond acceptors (Lipinski definition) is 2. The molecule has 0 spiro atoms. The van der Waals surface area contributed by atoms with Gasteiger partial charge in [0.15, 0.2) is 0 Å². The fourth-order valence-corrected chi connectivity index (χ4v) is 3.06. The highest BCUT2D eigenvalue weighted by Gasteiger charge is 2.70. The molecule has 3 saturated carbocycles. The lowest BCUT2D eigenvalue weighted by atomic mass is 9.57. The van der Waals surface area contributed by atoms with Crippen LogP contribution in [-0.2, 0) is 9.59 Å². The molecule has 4 nitrogen and oxygen atoms in total. The van der Waals surface area contributed by atoms with E-state index < -0.39 is 11.4 Å². The lowest BCUT2D eigenvalue weighted by molar-refractivity contribution is -0.162. The van der Waals surface area contributed by atoms with Gasteiger partial charge >= 0.3 is 5.97 Å². The molecule has 1 amide bonds. The Labute approximate surface area is 76.3 Å². The monoisotopic (exact) mass is 183 g/mol. The Morgan fingerprint density at radius 2 is 2.31 bits per heavy atom. The van der Waals surface area contributed by atoms with Crippen LogP contribution in [0.1, 0.15) is 26.2 Å². The van der Waals surface area contributed by atoms with Crippen LogP contribution in [0, 0.1) is 11.3 Å². The lowest BCUT2D eigenvalue weighted by Gasteiger charge is -2.51. The Bertz CT molecular complexity index is 278. The highest BCUT2D eigenvalue weighted by molar-refractivity contribution is 5.79. The molecule has 0 saturated heterocycles. The standard InChI is InChI=1S/C9H13NO3/c1-6-8(7(12)13)2-3-9(6,4-8)10-5-11/h5-6H,2-4H2,1H3,(H,10,11)(H,12,13). The van der Waals surface area contributed by atoms with Crippen LogP contribution in [0.3, 0.4) is 0 Å². The second-order valence-electron chi connectivity index (χ2n) is 4.28. The van der Waals surface area contributed by atoms with Crippen LogP contribution in [0.4, 0.5) is 0 Å². The van der Waals surface area contributed by atoms with Gasteiger partial charge in [0.25, 0.3) is 0 Å². The van der Waals surface area contributed by atoms with Crippen molar-refractivity contribution in [1.29, 1.82) is 0 Å². The highest BCUT2D eigenvalue weighted by Crippen LogP contribution is 2.65. The van der Waals surface area contributed by atoms with Gasteiger partial charge in [0.2, 0.25) is 6.41 Å². The minimum atomic E-state index is -0.708. The number of carbonyl (C=O) groups excluding carboxylic acids is 1. The third kappa shape index (κ3) is 0.759. The van der Waals surface area contributed by atoms with Gasteiger partial charge in [-0.25, -0.2) is 0 Å². The second-order valence-corrected chi connectivity index (χ2v) is 4.28. The van der Waals surface area contributed by atoms with Crippen molar-refractivity contribution in [2.75, 3.05) is 0 Å². The van der Waals surface area contributed by atoms with E-state index in [2.05, 4.69) is 5.32 Å². The van der Waals surface area contributed by atoms with Crippen molar-refractivity contribution in [2.24, 2.45) is 11.3 Å². The number of rotatable bonds is 3. The Morgan fingerprint density at radius 1 is 1.62 bits per heavy atom. The molecule has 3 aliphatic carbocycles. The molecule has 0 radical (unpaired) electrons. The van der Waals surface area contributed by atoms with E-state index in [-0.39, 0.29) is 11.5 Å². The van der Waals surface area contributed by atoms with Crippen molar-refractivity contribution < 1.29 is 14.7 Å². The zero-order valence-corrected chi connectivity index (χ0v) is 7.54. The van der Waals surface area contributed by atoms with Crippen LogP contribution < -0.4 is 5.32 Å². The molecule has 3 unspecified atom stereocenters. The molecular formula is C9H13NO3. The van der Waals surface area contributed by atoms with Gasteiger partial charge in [-0.15, -0.1) is 0 Å². The summed E-state index contributed by atoms with van der Waals surface area (Å²) in [6.07, 6.45) is 2.80. The van der Waals surface area contributed by atoms with E-state index in [1.54, 1.807) is 0 Å². The average molecular weight is 183 g/mol. The van der Waals surface area contributed by atoms with E-state index >= 15 is 0 Å². The van der Waals surface area contributed by atoms with E-state index in [0.29, 0.717) is 19.3 Å². The highest BCUT2D eigenvalue weighted by atomic mass is 16.4. The second kappa shape index (κ2) is 2.25. The molecule has 0 aromatic carbocycles. The van der Waals surface area contributed by atoms with Crippen molar-refractivity contribution in [3.8, 4) is 0 Å². The maximum absolute atomic E-state index is 11.0. The van der Waals surface area contributed by atoms with E-state index in [1.165, 1.54) is 0 Å². The molecule has 3 aliphatic rings. The normalized spacial score (nSPS) is 46.7. The molecule has 0 aromatic rings. The summed E-state index contributed by atoms with van der Waals surface area (Å²) in [6.45, 7) is 1.92. The summed E-state index contributed by atoms with van der Waals surface area (Å²) in [5.41, 5.74) is -0.754. The van der Waals surface area contributed by atoms with Gasteiger partial charge in [0.1, 0.15) is 0 Å². The average Bonchev–Trinajstić information content (AvgIpc) is 2.58. The Kier molecular flexibility index (Phi) is 1.47. The summed E-state index contributed by atoms with van der Waals surface area (Å²) in [4.78, 5) is 21.4. The summed E-state index contributed by atoms with van der Waals surface area (Å²) in [5, 5.41) is 11.8. The Balaban J connectivity index is 2.21. The van der Waals surface area contributed by atoms with Crippen LogP contribution in [-0.4, -0.2) is 23.0 Å². The van der Waals surface area contributed by atoms with E-state index in [9.17, 15) is 9.59 Å². The van der Waals surface area contributed by atoms with Gasteiger partial charge in [-0.1, -0.05) is 6.92 Å². The molecule has 2 bridgehead atoms. The van der Waals surface area contributed by atoms with Crippen molar-refractivity contribution in [3.63, 3.8) is 0 Å². The van der Waals surface area contributed by atoms with Gasteiger partial charge in [-0.2, -0.15) is 0 Å². The van der Waals surface area contributed by atoms with Crippen LogP contribution >= 0.6 is 0 Å². The molecule has 3 fully saturated rings. The van der Waals surface area contributed by atoms with Gasteiger partial charge in [-0.05, 0) is 25.2 Å². The third-order valence-corrected chi connectivity index (χ3v) is 4.08. The SMILES string of the molecule is CC1C2(NC=O)CCC1(C(=O)O)C2. The number of carboxylic acid groups (broad SMARTS) is 1. The van der Waals surface area contributed by atoms with Crippen LogP contribution in [0.15, 0.2) is 0 Å². The maximum atomic E-state index is 11.0. The third-order valence-electron chi connectivity index (χ3n) is 4.08. The first-order valence-electron chi connectivity index (χ1n) is 4.52. The largest absolute Gasteiger partial charge is 0.481 e. The summed E-state index contributed by atoms with van der Waals surface area (Å²) in [6, 6.07) is 0. The molecule has 0 heterocycles. The van der Waals surface area contributed by atoms with Crippen molar-refractivity contribution in [2.45, 2.75) is 31.7 Å². The quantitative estimate of drug-likeness (QED) is 0.621. The number of amides is 1.